The SMILES string of the molecule is CNc1nc2[nH]c(=O)c3c(c2s1)OC(N)=C(C#N)C3c1ccccc1OC(C)C. The van der Waals surface area contributed by atoms with Gasteiger partial charge in [-0.25, -0.2) is 4.98 Å². The summed E-state index contributed by atoms with van der Waals surface area (Å²) in [6, 6.07) is 9.43. The van der Waals surface area contributed by atoms with Crippen LogP contribution in [0, 0.1) is 11.3 Å². The summed E-state index contributed by atoms with van der Waals surface area (Å²) >= 11 is 1.33. The lowest BCUT2D eigenvalue weighted by molar-refractivity contribution is 0.239. The summed E-state index contributed by atoms with van der Waals surface area (Å²) in [6.45, 7) is 3.83. The molecule has 0 saturated heterocycles. The van der Waals surface area contributed by atoms with Crippen LogP contribution >= 0.6 is 11.3 Å². The van der Waals surface area contributed by atoms with Gasteiger partial charge in [0.2, 0.25) is 5.88 Å². The van der Waals surface area contributed by atoms with Crippen molar-refractivity contribution in [1.29, 1.82) is 5.26 Å². The van der Waals surface area contributed by atoms with E-state index in [1.165, 1.54) is 11.3 Å². The van der Waals surface area contributed by atoms with Gasteiger partial charge in [-0.2, -0.15) is 5.26 Å². The van der Waals surface area contributed by atoms with Gasteiger partial charge in [0.1, 0.15) is 22.1 Å². The third-order valence-corrected chi connectivity index (χ3v) is 5.61. The smallest absolute Gasteiger partial charge is 0.257 e. The molecule has 29 heavy (non-hydrogen) atoms. The Labute approximate surface area is 170 Å². The molecule has 9 heteroatoms. The highest BCUT2D eigenvalue weighted by Gasteiger charge is 2.37. The Balaban J connectivity index is 2.04. The van der Waals surface area contributed by atoms with Crippen LogP contribution in [-0.4, -0.2) is 23.1 Å². The van der Waals surface area contributed by atoms with E-state index < -0.39 is 5.92 Å². The topological polar surface area (TPSA) is 126 Å². The first kappa shape index (κ1) is 18.8. The van der Waals surface area contributed by atoms with Crippen LogP contribution in [0.5, 0.6) is 11.5 Å². The van der Waals surface area contributed by atoms with E-state index in [1.807, 2.05) is 38.1 Å². The minimum Gasteiger partial charge on any atom is -0.491 e. The van der Waals surface area contributed by atoms with E-state index >= 15 is 0 Å². The molecule has 1 aromatic carbocycles. The van der Waals surface area contributed by atoms with Crippen molar-refractivity contribution in [3.63, 3.8) is 0 Å². The van der Waals surface area contributed by atoms with Gasteiger partial charge in [0.25, 0.3) is 5.56 Å². The van der Waals surface area contributed by atoms with Crippen LogP contribution in [0.4, 0.5) is 5.13 Å². The van der Waals surface area contributed by atoms with Gasteiger partial charge >= 0.3 is 0 Å². The van der Waals surface area contributed by atoms with Crippen LogP contribution in [0.2, 0.25) is 0 Å². The average Bonchev–Trinajstić information content (AvgIpc) is 3.10. The number of nitrogens with one attached hydrogen (secondary N) is 2. The number of hydrogen-bond acceptors (Lipinski definition) is 8. The first-order valence-corrected chi connectivity index (χ1v) is 9.83. The van der Waals surface area contributed by atoms with E-state index in [9.17, 15) is 10.1 Å². The summed E-state index contributed by atoms with van der Waals surface area (Å²) < 4.78 is 12.4. The Hall–Kier alpha value is -3.51. The highest BCUT2D eigenvalue weighted by Crippen LogP contribution is 2.46. The number of benzene rings is 1. The molecule has 1 atom stereocenters. The molecule has 0 amide bonds. The first-order chi connectivity index (χ1) is 13.9. The number of para-hydroxylation sites is 1. The van der Waals surface area contributed by atoms with E-state index in [2.05, 4.69) is 21.4 Å². The second kappa shape index (κ2) is 7.14. The molecule has 8 nitrogen and oxygen atoms in total. The summed E-state index contributed by atoms with van der Waals surface area (Å²) in [5.74, 6) is 0.159. The van der Waals surface area contributed by atoms with Crippen molar-refractivity contribution in [2.75, 3.05) is 12.4 Å². The molecule has 0 radical (unpaired) electrons. The van der Waals surface area contributed by atoms with Gasteiger partial charge in [-0.3, -0.25) is 4.79 Å². The molecule has 0 bridgehead atoms. The van der Waals surface area contributed by atoms with Crippen LogP contribution in [-0.2, 0) is 0 Å². The maximum atomic E-state index is 13.1. The summed E-state index contributed by atoms with van der Waals surface area (Å²) in [6.07, 6.45) is -0.0808. The number of H-pyrrole nitrogens is 1. The molecular weight excluding hydrogens is 390 g/mol. The van der Waals surface area contributed by atoms with Crippen LogP contribution < -0.4 is 26.1 Å². The molecule has 0 aliphatic carbocycles. The second-order valence-electron chi connectivity index (χ2n) is 6.77. The molecule has 1 aliphatic rings. The maximum absolute atomic E-state index is 13.1. The Morgan fingerprint density at radius 3 is 2.86 bits per heavy atom. The third kappa shape index (κ3) is 3.07. The molecule has 0 spiro atoms. The largest absolute Gasteiger partial charge is 0.491 e. The molecule has 1 aliphatic heterocycles. The van der Waals surface area contributed by atoms with Gasteiger partial charge < -0.3 is 25.5 Å². The zero-order valence-electron chi connectivity index (χ0n) is 16.1. The summed E-state index contributed by atoms with van der Waals surface area (Å²) in [5.41, 5.74) is 7.29. The van der Waals surface area contributed by atoms with Gasteiger partial charge in [0.05, 0.1) is 17.6 Å². The zero-order chi connectivity index (χ0) is 20.7. The number of thiazole rings is 1. The number of aromatic amines is 1. The predicted molar refractivity (Wildman–Crippen MR) is 111 cm³/mol. The highest BCUT2D eigenvalue weighted by molar-refractivity contribution is 7.22. The number of nitriles is 1. The molecule has 1 unspecified atom stereocenters. The lowest BCUT2D eigenvalue weighted by Gasteiger charge is -2.27. The first-order valence-electron chi connectivity index (χ1n) is 9.02. The van der Waals surface area contributed by atoms with Crippen molar-refractivity contribution in [1.82, 2.24) is 9.97 Å². The van der Waals surface area contributed by atoms with Crippen molar-refractivity contribution < 1.29 is 9.47 Å². The van der Waals surface area contributed by atoms with Crippen LogP contribution in [0.1, 0.15) is 30.9 Å². The normalized spacial score (nSPS) is 15.8. The summed E-state index contributed by atoms with van der Waals surface area (Å²) in [5, 5.41) is 13.4. The van der Waals surface area contributed by atoms with E-state index in [1.54, 1.807) is 7.05 Å². The quantitative estimate of drug-likeness (QED) is 0.604. The maximum Gasteiger partial charge on any atom is 0.257 e. The van der Waals surface area contributed by atoms with E-state index in [4.69, 9.17) is 15.2 Å². The standard InChI is InChI=1S/C20H19N5O3S/c1-9(2)27-12-7-5-4-6-10(12)13-11(8-21)17(22)28-15-14(13)19(26)24-18-16(15)29-20(23-3)25-18/h4-7,9,13H,22H2,1-3H3,(H2,23,24,25,26). The Kier molecular flexibility index (Phi) is 4.64. The number of ether oxygens (including phenoxy) is 2. The zero-order valence-corrected chi connectivity index (χ0v) is 16.9. The number of nitrogens with zero attached hydrogens (tertiary/aromatic N) is 2. The molecule has 3 heterocycles. The molecule has 3 aromatic rings. The fourth-order valence-electron chi connectivity index (χ4n) is 3.39. The minimum atomic E-state index is -0.716. The molecule has 0 saturated carbocycles. The number of pyridine rings is 1. The van der Waals surface area contributed by atoms with Crippen LogP contribution in [0.25, 0.3) is 10.3 Å². The average molecular weight is 409 g/mol. The van der Waals surface area contributed by atoms with E-state index in [-0.39, 0.29) is 23.1 Å². The highest BCUT2D eigenvalue weighted by atomic mass is 32.1. The van der Waals surface area contributed by atoms with E-state index in [0.29, 0.717) is 38.1 Å². The van der Waals surface area contributed by atoms with Crippen molar-refractivity contribution in [3.8, 4) is 17.6 Å². The fraction of sp³-hybridized carbons (Fsp3) is 0.250. The van der Waals surface area contributed by atoms with Crippen LogP contribution in [0.3, 0.4) is 0 Å². The van der Waals surface area contributed by atoms with Gasteiger partial charge in [0, 0.05) is 12.6 Å². The van der Waals surface area contributed by atoms with Crippen molar-refractivity contribution in [2.24, 2.45) is 5.73 Å². The van der Waals surface area contributed by atoms with Gasteiger partial charge in [-0.05, 0) is 19.9 Å². The summed E-state index contributed by atoms with van der Waals surface area (Å²) in [4.78, 5) is 20.2. The van der Waals surface area contributed by atoms with Crippen LogP contribution in [0.15, 0.2) is 40.5 Å². The van der Waals surface area contributed by atoms with E-state index in [0.717, 1.165) is 0 Å². The second-order valence-corrected chi connectivity index (χ2v) is 7.77. The van der Waals surface area contributed by atoms with Gasteiger partial charge in [-0.1, -0.05) is 29.5 Å². The lowest BCUT2D eigenvalue weighted by atomic mass is 9.83. The monoisotopic (exact) mass is 409 g/mol. The molecule has 4 N–H and O–H groups in total. The number of aromatic nitrogens is 2. The number of nitrogens with two attached hydrogens (primary N) is 1. The van der Waals surface area contributed by atoms with Crippen molar-refractivity contribution in [2.45, 2.75) is 25.9 Å². The molecule has 4 rings (SSSR count). The third-order valence-electron chi connectivity index (χ3n) is 4.54. The van der Waals surface area contributed by atoms with Crippen molar-refractivity contribution >= 4 is 26.8 Å². The number of rotatable bonds is 4. The van der Waals surface area contributed by atoms with Gasteiger partial charge in [-0.15, -0.1) is 0 Å². The lowest BCUT2D eigenvalue weighted by Crippen LogP contribution is -2.28. The van der Waals surface area contributed by atoms with Crippen molar-refractivity contribution in [3.05, 3.63) is 57.2 Å². The summed E-state index contributed by atoms with van der Waals surface area (Å²) in [7, 11) is 1.74. The fourth-order valence-corrected chi connectivity index (χ4v) is 4.26. The minimum absolute atomic E-state index is 0.0318. The number of fused-ring (bicyclic) bond motifs is 3. The molecule has 148 valence electrons. The number of hydrogen-bond donors (Lipinski definition) is 3. The Morgan fingerprint density at radius 2 is 2.17 bits per heavy atom. The van der Waals surface area contributed by atoms with Gasteiger partial charge in [0.15, 0.2) is 16.5 Å². The number of anilines is 1. The predicted octanol–water partition coefficient (Wildman–Crippen LogP) is 3.03. The Bertz CT molecular complexity index is 1240. The molecular formula is C20H19N5O3S. The molecule has 2 aromatic heterocycles. The Morgan fingerprint density at radius 1 is 1.41 bits per heavy atom. The molecule has 0 fully saturated rings. The number of allylic oxidation sites excluding steroid dienone is 1.